The van der Waals surface area contributed by atoms with E-state index in [1.54, 1.807) is 0 Å². The molecule has 0 spiro atoms. The molecule has 1 N–H and O–H groups in total. The van der Waals surface area contributed by atoms with Gasteiger partial charge in [-0.05, 0) is 30.5 Å². The highest BCUT2D eigenvalue weighted by Crippen LogP contribution is 2.24. The Hall–Kier alpha value is -2.22. The Morgan fingerprint density at radius 1 is 0.968 bits per heavy atom. The molecular formula is C24H31N3O3S. The lowest BCUT2D eigenvalue weighted by molar-refractivity contribution is -0.127. The van der Waals surface area contributed by atoms with Gasteiger partial charge in [0.1, 0.15) is 6.04 Å². The van der Waals surface area contributed by atoms with E-state index >= 15 is 0 Å². The second-order valence-electron chi connectivity index (χ2n) is 8.57. The van der Waals surface area contributed by atoms with Crippen LogP contribution in [0.2, 0.25) is 0 Å². The maximum atomic E-state index is 13.4. The van der Waals surface area contributed by atoms with Crippen molar-refractivity contribution in [2.75, 3.05) is 37.7 Å². The maximum absolute atomic E-state index is 13.4. The third-order valence-corrected chi connectivity index (χ3v) is 7.82. The normalized spacial score (nSPS) is 23.2. The predicted octanol–water partition coefficient (Wildman–Crippen LogP) is 2.24. The molecule has 0 aliphatic carbocycles. The standard InChI is InChI=1S/C24H31N3O3S/c28-24(25-22-12-7-13-26(19-22)18-20-8-3-1-4-9-20)23(21-10-5-2-6-11-21)27-14-16-31(29,30)17-15-27/h1-6,8-11,22-23H,7,12-19H2,(H,25,28). The van der Waals surface area contributed by atoms with E-state index in [0.717, 1.165) is 38.0 Å². The van der Waals surface area contributed by atoms with Crippen molar-refractivity contribution in [2.45, 2.75) is 31.5 Å². The largest absolute Gasteiger partial charge is 0.350 e. The molecule has 2 aliphatic heterocycles. The van der Waals surface area contributed by atoms with Crippen molar-refractivity contribution in [2.24, 2.45) is 0 Å². The molecule has 2 aromatic carbocycles. The van der Waals surface area contributed by atoms with E-state index < -0.39 is 15.9 Å². The molecule has 0 bridgehead atoms. The van der Waals surface area contributed by atoms with E-state index in [4.69, 9.17) is 0 Å². The van der Waals surface area contributed by atoms with E-state index in [0.29, 0.717) is 13.1 Å². The summed E-state index contributed by atoms with van der Waals surface area (Å²) in [5.74, 6) is 0.188. The zero-order chi connectivity index (χ0) is 21.7. The van der Waals surface area contributed by atoms with Crippen molar-refractivity contribution in [1.29, 1.82) is 0 Å². The summed E-state index contributed by atoms with van der Waals surface area (Å²) >= 11 is 0. The summed E-state index contributed by atoms with van der Waals surface area (Å²) in [7, 11) is -3.00. The minimum atomic E-state index is -3.00. The number of benzene rings is 2. The molecule has 6 nitrogen and oxygen atoms in total. The van der Waals surface area contributed by atoms with Gasteiger partial charge in [-0.15, -0.1) is 0 Å². The van der Waals surface area contributed by atoms with Crippen molar-refractivity contribution in [3.8, 4) is 0 Å². The molecule has 2 unspecified atom stereocenters. The number of hydrogen-bond donors (Lipinski definition) is 1. The highest BCUT2D eigenvalue weighted by atomic mass is 32.2. The van der Waals surface area contributed by atoms with Crippen molar-refractivity contribution >= 4 is 15.7 Å². The van der Waals surface area contributed by atoms with Gasteiger partial charge < -0.3 is 5.32 Å². The zero-order valence-corrected chi connectivity index (χ0v) is 18.6. The first kappa shape index (κ1) is 22.0. The lowest BCUT2D eigenvalue weighted by Crippen LogP contribution is -2.52. The summed E-state index contributed by atoms with van der Waals surface area (Å²) < 4.78 is 23.8. The monoisotopic (exact) mass is 441 g/mol. The van der Waals surface area contributed by atoms with Crippen LogP contribution in [0, 0.1) is 0 Å². The fourth-order valence-electron chi connectivity index (χ4n) is 4.59. The Labute approximate surface area is 185 Å². The van der Waals surface area contributed by atoms with Crippen molar-refractivity contribution < 1.29 is 13.2 Å². The number of rotatable bonds is 6. The summed E-state index contributed by atoms with van der Waals surface area (Å²) in [6.45, 7) is 3.53. The van der Waals surface area contributed by atoms with Crippen LogP contribution >= 0.6 is 0 Å². The van der Waals surface area contributed by atoms with Crippen LogP contribution in [0.25, 0.3) is 0 Å². The summed E-state index contributed by atoms with van der Waals surface area (Å²) in [6, 6.07) is 19.8. The van der Waals surface area contributed by atoms with E-state index in [1.807, 2.05) is 41.3 Å². The van der Waals surface area contributed by atoms with E-state index in [1.165, 1.54) is 5.56 Å². The third-order valence-electron chi connectivity index (χ3n) is 6.21. The van der Waals surface area contributed by atoms with Gasteiger partial charge in [0.15, 0.2) is 9.84 Å². The van der Waals surface area contributed by atoms with Gasteiger partial charge in [0.25, 0.3) is 0 Å². The average molecular weight is 442 g/mol. The third kappa shape index (κ3) is 5.93. The fraction of sp³-hybridized carbons (Fsp3) is 0.458. The first-order valence-electron chi connectivity index (χ1n) is 11.1. The van der Waals surface area contributed by atoms with Crippen LogP contribution in [-0.4, -0.2) is 67.9 Å². The lowest BCUT2D eigenvalue weighted by Gasteiger charge is -2.37. The van der Waals surface area contributed by atoms with Crippen LogP contribution < -0.4 is 5.32 Å². The number of piperidine rings is 1. The summed E-state index contributed by atoms with van der Waals surface area (Å²) in [5.41, 5.74) is 2.20. The van der Waals surface area contributed by atoms with Crippen LogP contribution in [0.4, 0.5) is 0 Å². The molecular weight excluding hydrogens is 410 g/mol. The van der Waals surface area contributed by atoms with Gasteiger partial charge >= 0.3 is 0 Å². The van der Waals surface area contributed by atoms with Gasteiger partial charge in [-0.25, -0.2) is 8.42 Å². The van der Waals surface area contributed by atoms with Gasteiger partial charge in [0.2, 0.25) is 5.91 Å². The summed E-state index contributed by atoms with van der Waals surface area (Å²) in [4.78, 5) is 17.8. The molecule has 4 rings (SSSR count). The van der Waals surface area contributed by atoms with Crippen LogP contribution in [0.5, 0.6) is 0 Å². The molecule has 2 aromatic rings. The Balaban J connectivity index is 1.43. The molecule has 1 amide bonds. The molecule has 2 atom stereocenters. The fourth-order valence-corrected chi connectivity index (χ4v) is 5.82. The number of nitrogens with zero attached hydrogens (tertiary/aromatic N) is 2. The quantitative estimate of drug-likeness (QED) is 0.745. The number of amides is 1. The SMILES string of the molecule is O=C(NC1CCCN(Cc2ccccc2)C1)C(c1ccccc1)N1CCS(=O)(=O)CC1. The van der Waals surface area contributed by atoms with Crippen LogP contribution in [0.3, 0.4) is 0 Å². The lowest BCUT2D eigenvalue weighted by atomic mass is 10.0. The summed E-state index contributed by atoms with van der Waals surface area (Å²) in [6.07, 6.45) is 2.02. The molecule has 166 valence electrons. The van der Waals surface area contributed by atoms with Gasteiger partial charge in [-0.2, -0.15) is 0 Å². The number of nitrogens with one attached hydrogen (secondary N) is 1. The van der Waals surface area contributed by atoms with Crippen LogP contribution in [0.1, 0.15) is 30.0 Å². The first-order chi connectivity index (χ1) is 15.0. The molecule has 2 fully saturated rings. The summed E-state index contributed by atoms with van der Waals surface area (Å²) in [5, 5.41) is 3.28. The van der Waals surface area contributed by atoms with Gasteiger partial charge in [-0.1, -0.05) is 60.7 Å². The Morgan fingerprint density at radius 3 is 2.29 bits per heavy atom. The molecule has 0 saturated carbocycles. The number of carbonyl (C=O) groups excluding carboxylic acids is 1. The zero-order valence-electron chi connectivity index (χ0n) is 17.8. The minimum absolute atomic E-state index is 0.0305. The van der Waals surface area contributed by atoms with E-state index in [9.17, 15) is 13.2 Å². The number of hydrogen-bond acceptors (Lipinski definition) is 5. The Kier molecular flexibility index (Phi) is 7.05. The minimum Gasteiger partial charge on any atom is -0.350 e. The van der Waals surface area contributed by atoms with Gasteiger partial charge in [0, 0.05) is 32.2 Å². The van der Waals surface area contributed by atoms with E-state index in [-0.39, 0.29) is 23.5 Å². The maximum Gasteiger partial charge on any atom is 0.242 e. The van der Waals surface area contributed by atoms with Crippen molar-refractivity contribution in [1.82, 2.24) is 15.1 Å². The van der Waals surface area contributed by atoms with Gasteiger partial charge in [-0.3, -0.25) is 14.6 Å². The Bertz CT molecular complexity index is 952. The van der Waals surface area contributed by atoms with Crippen LogP contribution in [0.15, 0.2) is 60.7 Å². The second-order valence-corrected chi connectivity index (χ2v) is 10.9. The van der Waals surface area contributed by atoms with Crippen molar-refractivity contribution in [3.05, 3.63) is 71.8 Å². The molecule has 7 heteroatoms. The smallest absolute Gasteiger partial charge is 0.242 e. The molecule has 2 heterocycles. The molecule has 2 aliphatic rings. The topological polar surface area (TPSA) is 69.7 Å². The van der Waals surface area contributed by atoms with Crippen molar-refractivity contribution in [3.63, 3.8) is 0 Å². The van der Waals surface area contributed by atoms with Crippen LogP contribution in [-0.2, 0) is 21.2 Å². The number of carbonyl (C=O) groups is 1. The first-order valence-corrected chi connectivity index (χ1v) is 12.9. The van der Waals surface area contributed by atoms with E-state index in [2.05, 4.69) is 34.5 Å². The predicted molar refractivity (Wildman–Crippen MR) is 122 cm³/mol. The average Bonchev–Trinajstić information content (AvgIpc) is 2.77. The molecule has 0 radical (unpaired) electrons. The Morgan fingerprint density at radius 2 is 1.61 bits per heavy atom. The number of likely N-dealkylation sites (tertiary alicyclic amines) is 1. The molecule has 0 aromatic heterocycles. The highest BCUT2D eigenvalue weighted by molar-refractivity contribution is 7.91. The molecule has 2 saturated heterocycles. The second kappa shape index (κ2) is 9.94. The number of sulfone groups is 1. The molecule has 31 heavy (non-hydrogen) atoms. The highest BCUT2D eigenvalue weighted by Gasteiger charge is 2.34. The van der Waals surface area contributed by atoms with Gasteiger partial charge in [0.05, 0.1) is 11.5 Å².